The predicted octanol–water partition coefficient (Wildman–Crippen LogP) is 5.71. The second-order valence-electron chi connectivity index (χ2n) is 15.4. The summed E-state index contributed by atoms with van der Waals surface area (Å²) in [4.78, 5) is 0. The summed E-state index contributed by atoms with van der Waals surface area (Å²) in [5, 5.41) is 33.4. The minimum absolute atomic E-state index is 0.0630. The quantitative estimate of drug-likeness (QED) is 0.477. The number of aliphatic hydroxyl groups is 3. The van der Waals surface area contributed by atoms with Gasteiger partial charge in [-0.3, -0.25) is 0 Å². The molecule has 4 nitrogen and oxygen atoms in total. The number of aliphatic hydroxyl groups excluding tert-OH is 2. The molecule has 3 N–H and O–H groups in total. The Labute approximate surface area is 208 Å². The summed E-state index contributed by atoms with van der Waals surface area (Å²) in [6.45, 7) is 18.1. The molecule has 1 heterocycles. The van der Waals surface area contributed by atoms with Gasteiger partial charge >= 0.3 is 0 Å². The van der Waals surface area contributed by atoms with Crippen molar-refractivity contribution in [3.8, 4) is 0 Å². The molecule has 4 heteroatoms. The van der Waals surface area contributed by atoms with E-state index in [2.05, 4.69) is 41.5 Å². The molecule has 5 fully saturated rings. The first-order chi connectivity index (χ1) is 15.5. The van der Waals surface area contributed by atoms with Crippen LogP contribution in [0.2, 0.25) is 0 Å². The van der Waals surface area contributed by atoms with Crippen LogP contribution in [-0.2, 0) is 4.74 Å². The van der Waals surface area contributed by atoms with Crippen LogP contribution in [0.5, 0.6) is 0 Å². The SMILES string of the molecule is CC(C)(O)[C@H]1CC[C@@](C)([C@H]2CC[C@]3(C)[C@@H]2[C@H](O)CC2[C@@]4(C)CC[C@@H](O)C(C)(C)C4CC[C@]23C)O1. The molecule has 0 radical (unpaired) electrons. The Morgan fingerprint density at radius 3 is 2.03 bits per heavy atom. The topological polar surface area (TPSA) is 69.9 Å². The van der Waals surface area contributed by atoms with Crippen molar-refractivity contribution in [1.29, 1.82) is 0 Å². The summed E-state index contributed by atoms with van der Waals surface area (Å²) < 4.78 is 6.66. The van der Waals surface area contributed by atoms with E-state index in [9.17, 15) is 15.3 Å². The van der Waals surface area contributed by atoms with E-state index in [1.807, 2.05) is 13.8 Å². The van der Waals surface area contributed by atoms with Crippen molar-refractivity contribution < 1.29 is 20.1 Å². The molecule has 0 aromatic carbocycles. The fraction of sp³-hybridized carbons (Fsp3) is 1.00. The molecule has 0 amide bonds. The van der Waals surface area contributed by atoms with Crippen molar-refractivity contribution in [1.82, 2.24) is 0 Å². The molecule has 4 aliphatic carbocycles. The van der Waals surface area contributed by atoms with Gasteiger partial charge in [0.05, 0.1) is 29.5 Å². The predicted molar refractivity (Wildman–Crippen MR) is 135 cm³/mol. The Hall–Kier alpha value is -0.160. The van der Waals surface area contributed by atoms with E-state index in [0.29, 0.717) is 17.8 Å². The van der Waals surface area contributed by atoms with Crippen LogP contribution >= 0.6 is 0 Å². The van der Waals surface area contributed by atoms with E-state index in [0.717, 1.165) is 44.9 Å². The Balaban J connectivity index is 1.48. The first-order valence-electron chi connectivity index (χ1n) is 14.3. The minimum Gasteiger partial charge on any atom is -0.393 e. The van der Waals surface area contributed by atoms with Gasteiger partial charge in [-0.1, -0.05) is 34.6 Å². The molecule has 0 aromatic rings. The van der Waals surface area contributed by atoms with Crippen molar-refractivity contribution in [2.45, 2.75) is 143 Å². The van der Waals surface area contributed by atoms with Crippen LogP contribution in [-0.4, -0.2) is 44.8 Å². The molecule has 34 heavy (non-hydrogen) atoms. The first-order valence-corrected chi connectivity index (χ1v) is 14.3. The zero-order valence-corrected chi connectivity index (χ0v) is 23.2. The van der Waals surface area contributed by atoms with Gasteiger partial charge in [0.15, 0.2) is 0 Å². The molecule has 11 atom stereocenters. The lowest BCUT2D eigenvalue weighted by atomic mass is 9.35. The molecular weight excluding hydrogens is 424 g/mol. The maximum atomic E-state index is 11.9. The van der Waals surface area contributed by atoms with Crippen LogP contribution in [0.4, 0.5) is 0 Å². The monoisotopic (exact) mass is 476 g/mol. The number of ether oxygens (including phenoxy) is 1. The number of hydrogen-bond donors (Lipinski definition) is 3. The highest BCUT2D eigenvalue weighted by atomic mass is 16.5. The first kappa shape index (κ1) is 25.5. The zero-order valence-electron chi connectivity index (χ0n) is 23.2. The van der Waals surface area contributed by atoms with Gasteiger partial charge < -0.3 is 20.1 Å². The second-order valence-corrected chi connectivity index (χ2v) is 15.4. The molecule has 0 spiro atoms. The summed E-state index contributed by atoms with van der Waals surface area (Å²) >= 11 is 0. The van der Waals surface area contributed by atoms with Crippen LogP contribution in [0, 0.1) is 45.3 Å². The van der Waals surface area contributed by atoms with E-state index in [1.165, 1.54) is 12.8 Å². The van der Waals surface area contributed by atoms with E-state index < -0.39 is 5.60 Å². The van der Waals surface area contributed by atoms with Crippen molar-refractivity contribution in [2.24, 2.45) is 45.3 Å². The number of rotatable bonds is 2. The lowest BCUT2D eigenvalue weighted by Gasteiger charge is -2.70. The van der Waals surface area contributed by atoms with Gasteiger partial charge in [0.25, 0.3) is 0 Å². The average Bonchev–Trinajstić information content (AvgIpc) is 3.30. The van der Waals surface area contributed by atoms with Crippen LogP contribution in [0.25, 0.3) is 0 Å². The standard InChI is InChI=1S/C30H52O4/c1-25(2)20-10-15-28(6)21(27(20,5)13-11-22(25)32)17-19(31)24-18(9-14-29(24,28)7)30(8)16-12-23(34-30)26(3,4)33/h18-24,31-33H,9-17H2,1-8H3/t18-,19+,20?,21?,22+,23+,24-,27-,28+,29+,30-/m0/s1. The molecular formula is C30H52O4. The van der Waals surface area contributed by atoms with Crippen molar-refractivity contribution >= 4 is 0 Å². The van der Waals surface area contributed by atoms with Crippen LogP contribution in [0.1, 0.15) is 113 Å². The highest BCUT2D eigenvalue weighted by Crippen LogP contribution is 2.76. The second kappa shape index (κ2) is 7.45. The Kier molecular flexibility index (Phi) is 5.59. The summed E-state index contributed by atoms with van der Waals surface area (Å²) in [6, 6.07) is 0. The van der Waals surface area contributed by atoms with Gasteiger partial charge in [0, 0.05) is 0 Å². The maximum absolute atomic E-state index is 11.9. The Bertz CT molecular complexity index is 817. The average molecular weight is 477 g/mol. The summed E-state index contributed by atoms with van der Waals surface area (Å²) in [5.74, 6) is 1.59. The van der Waals surface area contributed by atoms with Gasteiger partial charge in [0.1, 0.15) is 0 Å². The van der Waals surface area contributed by atoms with Gasteiger partial charge in [-0.05, 0) is 124 Å². The molecule has 1 aliphatic heterocycles. The fourth-order valence-corrected chi connectivity index (χ4v) is 11.1. The zero-order chi connectivity index (χ0) is 25.1. The minimum atomic E-state index is -0.826. The molecule has 5 aliphatic rings. The summed E-state index contributed by atoms with van der Waals surface area (Å²) in [5.41, 5.74) is -0.703. The Morgan fingerprint density at radius 2 is 1.41 bits per heavy atom. The third-order valence-corrected chi connectivity index (χ3v) is 13.3. The van der Waals surface area contributed by atoms with Gasteiger partial charge in [0.2, 0.25) is 0 Å². The third kappa shape index (κ3) is 3.16. The number of hydrogen-bond acceptors (Lipinski definition) is 4. The van der Waals surface area contributed by atoms with Crippen molar-refractivity contribution in [3.05, 3.63) is 0 Å². The fourth-order valence-electron chi connectivity index (χ4n) is 11.1. The smallest absolute Gasteiger partial charge is 0.0865 e. The summed E-state index contributed by atoms with van der Waals surface area (Å²) in [7, 11) is 0. The van der Waals surface area contributed by atoms with E-state index >= 15 is 0 Å². The molecule has 0 bridgehead atoms. The highest BCUT2D eigenvalue weighted by Gasteiger charge is 2.71. The lowest BCUT2D eigenvalue weighted by Crippen LogP contribution is -2.66. The highest BCUT2D eigenvalue weighted by molar-refractivity contribution is 5.20. The number of fused-ring (bicyclic) bond motifs is 5. The van der Waals surface area contributed by atoms with Crippen LogP contribution in [0.3, 0.4) is 0 Å². The lowest BCUT2D eigenvalue weighted by molar-refractivity contribution is -0.248. The van der Waals surface area contributed by atoms with E-state index in [4.69, 9.17) is 4.74 Å². The van der Waals surface area contributed by atoms with Crippen molar-refractivity contribution in [3.63, 3.8) is 0 Å². The van der Waals surface area contributed by atoms with Gasteiger partial charge in [-0.15, -0.1) is 0 Å². The van der Waals surface area contributed by atoms with Crippen LogP contribution in [0.15, 0.2) is 0 Å². The van der Waals surface area contributed by atoms with Crippen LogP contribution < -0.4 is 0 Å². The third-order valence-electron chi connectivity index (χ3n) is 13.3. The van der Waals surface area contributed by atoms with Crippen molar-refractivity contribution in [2.75, 3.05) is 0 Å². The summed E-state index contributed by atoms with van der Waals surface area (Å²) in [6.07, 6.45) is 8.72. The largest absolute Gasteiger partial charge is 0.393 e. The molecule has 4 saturated carbocycles. The molecule has 1 saturated heterocycles. The van der Waals surface area contributed by atoms with E-state index in [-0.39, 0.29) is 51.5 Å². The Morgan fingerprint density at radius 1 is 0.765 bits per heavy atom. The molecule has 196 valence electrons. The van der Waals surface area contributed by atoms with Gasteiger partial charge in [-0.25, -0.2) is 0 Å². The molecule has 5 rings (SSSR count). The normalized spacial score (nSPS) is 57.1. The van der Waals surface area contributed by atoms with Gasteiger partial charge in [-0.2, -0.15) is 0 Å². The maximum Gasteiger partial charge on any atom is 0.0865 e. The molecule has 0 aromatic heterocycles. The molecule has 2 unspecified atom stereocenters. The van der Waals surface area contributed by atoms with E-state index in [1.54, 1.807) is 0 Å².